The van der Waals surface area contributed by atoms with Crippen molar-refractivity contribution in [2.24, 2.45) is 0 Å². The summed E-state index contributed by atoms with van der Waals surface area (Å²) >= 11 is 5.30. The molecule has 84 valence electrons. The van der Waals surface area contributed by atoms with Gasteiger partial charge < -0.3 is 8.94 Å². The molecule has 2 rings (SSSR count). The van der Waals surface area contributed by atoms with Crippen molar-refractivity contribution in [2.75, 3.05) is 0 Å². The fraction of sp³-hybridized carbons (Fsp3) is 0.273. The van der Waals surface area contributed by atoms with Crippen LogP contribution in [0.4, 0.5) is 0 Å². The maximum Gasteiger partial charge on any atom is 0.287 e. The van der Waals surface area contributed by atoms with E-state index in [2.05, 4.69) is 5.16 Å². The van der Waals surface area contributed by atoms with Gasteiger partial charge in [-0.1, -0.05) is 5.16 Å². The first-order chi connectivity index (χ1) is 7.58. The van der Waals surface area contributed by atoms with E-state index in [4.69, 9.17) is 20.5 Å². The smallest absolute Gasteiger partial charge is 0.287 e. The summed E-state index contributed by atoms with van der Waals surface area (Å²) < 4.78 is 10.3. The standard InChI is InChI=1S/C11H10ClNO3/c1-6-9(7(2)16-13-6)5-8-3-4-10(15-8)11(12)14/h3-4H,5H2,1-2H3. The van der Waals surface area contributed by atoms with Crippen molar-refractivity contribution in [2.45, 2.75) is 20.3 Å². The van der Waals surface area contributed by atoms with Crippen LogP contribution in [0.25, 0.3) is 0 Å². The van der Waals surface area contributed by atoms with Crippen molar-refractivity contribution in [3.05, 3.63) is 40.7 Å². The number of hydrogen-bond acceptors (Lipinski definition) is 4. The summed E-state index contributed by atoms with van der Waals surface area (Å²) in [5.74, 6) is 1.58. The lowest BCUT2D eigenvalue weighted by Crippen LogP contribution is -1.89. The minimum absolute atomic E-state index is 0.156. The average molecular weight is 240 g/mol. The highest BCUT2D eigenvalue weighted by molar-refractivity contribution is 6.67. The highest BCUT2D eigenvalue weighted by Crippen LogP contribution is 2.19. The van der Waals surface area contributed by atoms with Gasteiger partial charge in [0.25, 0.3) is 5.24 Å². The van der Waals surface area contributed by atoms with E-state index in [1.54, 1.807) is 12.1 Å². The normalized spacial score (nSPS) is 10.7. The third kappa shape index (κ3) is 2.02. The lowest BCUT2D eigenvalue weighted by Gasteiger charge is -1.95. The van der Waals surface area contributed by atoms with E-state index >= 15 is 0 Å². The van der Waals surface area contributed by atoms with Crippen LogP contribution in [0.3, 0.4) is 0 Å². The predicted octanol–water partition coefficient (Wildman–Crippen LogP) is 2.85. The zero-order valence-electron chi connectivity index (χ0n) is 8.91. The molecular formula is C11H10ClNO3. The summed E-state index contributed by atoms with van der Waals surface area (Å²) in [5.41, 5.74) is 1.80. The largest absolute Gasteiger partial charge is 0.456 e. The topological polar surface area (TPSA) is 56.2 Å². The Kier molecular flexibility index (Phi) is 2.83. The van der Waals surface area contributed by atoms with Gasteiger partial charge in [-0.2, -0.15) is 0 Å². The number of hydrogen-bond donors (Lipinski definition) is 0. The molecule has 0 aromatic carbocycles. The molecule has 0 unspecified atom stereocenters. The maximum absolute atomic E-state index is 10.8. The molecule has 16 heavy (non-hydrogen) atoms. The van der Waals surface area contributed by atoms with E-state index < -0.39 is 5.24 Å². The number of nitrogens with zero attached hydrogens (tertiary/aromatic N) is 1. The van der Waals surface area contributed by atoms with Gasteiger partial charge in [-0.15, -0.1) is 0 Å². The molecule has 0 radical (unpaired) electrons. The van der Waals surface area contributed by atoms with Crippen LogP contribution in [0.5, 0.6) is 0 Å². The van der Waals surface area contributed by atoms with Gasteiger partial charge in [-0.25, -0.2) is 0 Å². The van der Waals surface area contributed by atoms with E-state index in [1.165, 1.54) is 0 Å². The molecule has 0 saturated heterocycles. The van der Waals surface area contributed by atoms with Crippen molar-refractivity contribution in [3.8, 4) is 0 Å². The Morgan fingerprint density at radius 3 is 2.69 bits per heavy atom. The Hall–Kier alpha value is -1.55. The van der Waals surface area contributed by atoms with Crippen molar-refractivity contribution >= 4 is 16.8 Å². The molecule has 2 aromatic rings. The quantitative estimate of drug-likeness (QED) is 0.773. The molecule has 4 nitrogen and oxygen atoms in total. The molecule has 2 heterocycles. The lowest BCUT2D eigenvalue weighted by molar-refractivity contribution is 0.105. The second-order valence-corrected chi connectivity index (χ2v) is 3.86. The Bertz CT molecular complexity index is 508. The fourth-order valence-corrected chi connectivity index (χ4v) is 1.61. The van der Waals surface area contributed by atoms with Gasteiger partial charge in [-0.3, -0.25) is 4.79 Å². The number of aromatic nitrogens is 1. The van der Waals surface area contributed by atoms with Crippen LogP contribution >= 0.6 is 11.6 Å². The third-order valence-corrected chi connectivity index (χ3v) is 2.57. The van der Waals surface area contributed by atoms with Crippen molar-refractivity contribution in [1.29, 1.82) is 0 Å². The van der Waals surface area contributed by atoms with Crippen LogP contribution in [-0.2, 0) is 6.42 Å². The van der Waals surface area contributed by atoms with E-state index in [-0.39, 0.29) is 5.76 Å². The predicted molar refractivity (Wildman–Crippen MR) is 57.7 cm³/mol. The summed E-state index contributed by atoms with van der Waals surface area (Å²) in [6.07, 6.45) is 0.547. The molecule has 0 aliphatic heterocycles. The van der Waals surface area contributed by atoms with Gasteiger partial charge in [0.2, 0.25) is 0 Å². The molecule has 2 aromatic heterocycles. The molecule has 0 fully saturated rings. The summed E-state index contributed by atoms with van der Waals surface area (Å²) in [5, 5.41) is 3.25. The Morgan fingerprint density at radius 1 is 1.44 bits per heavy atom. The number of carbonyl (C=O) groups excluding carboxylic acids is 1. The highest BCUT2D eigenvalue weighted by atomic mass is 35.5. The third-order valence-electron chi connectivity index (χ3n) is 2.39. The van der Waals surface area contributed by atoms with Gasteiger partial charge >= 0.3 is 0 Å². The number of carbonyl (C=O) groups is 1. The minimum Gasteiger partial charge on any atom is -0.456 e. The Labute approximate surface area is 97.2 Å². The molecule has 0 atom stereocenters. The maximum atomic E-state index is 10.8. The summed E-state index contributed by atoms with van der Waals surface area (Å²) in [6, 6.07) is 3.28. The van der Waals surface area contributed by atoms with Gasteiger partial charge in [0.15, 0.2) is 5.76 Å². The first-order valence-corrected chi connectivity index (χ1v) is 5.16. The summed E-state index contributed by atoms with van der Waals surface area (Å²) in [4.78, 5) is 10.8. The lowest BCUT2D eigenvalue weighted by atomic mass is 10.1. The first-order valence-electron chi connectivity index (χ1n) is 4.78. The molecule has 0 amide bonds. The molecule has 5 heteroatoms. The molecule has 0 aliphatic rings. The molecule has 0 saturated carbocycles. The first kappa shape index (κ1) is 11.0. The zero-order valence-corrected chi connectivity index (χ0v) is 9.67. The van der Waals surface area contributed by atoms with Gasteiger partial charge in [-0.05, 0) is 37.6 Å². The van der Waals surface area contributed by atoms with Crippen LogP contribution in [0, 0.1) is 13.8 Å². The molecular weight excluding hydrogens is 230 g/mol. The molecule has 0 spiro atoms. The van der Waals surface area contributed by atoms with Crippen LogP contribution < -0.4 is 0 Å². The van der Waals surface area contributed by atoms with E-state index in [1.807, 2.05) is 13.8 Å². The minimum atomic E-state index is -0.593. The second-order valence-electron chi connectivity index (χ2n) is 3.52. The van der Waals surface area contributed by atoms with E-state index in [9.17, 15) is 4.79 Å². The van der Waals surface area contributed by atoms with Crippen LogP contribution in [0.1, 0.15) is 33.3 Å². The van der Waals surface area contributed by atoms with Crippen LogP contribution in [0.2, 0.25) is 0 Å². The van der Waals surface area contributed by atoms with Crippen LogP contribution in [-0.4, -0.2) is 10.4 Å². The summed E-state index contributed by atoms with van der Waals surface area (Å²) in [7, 11) is 0. The van der Waals surface area contributed by atoms with Crippen molar-refractivity contribution in [1.82, 2.24) is 5.16 Å². The number of rotatable bonds is 3. The highest BCUT2D eigenvalue weighted by Gasteiger charge is 2.13. The second kappa shape index (κ2) is 4.14. The van der Waals surface area contributed by atoms with Crippen molar-refractivity contribution in [3.63, 3.8) is 0 Å². The SMILES string of the molecule is Cc1noc(C)c1Cc1ccc(C(=O)Cl)o1. The fourth-order valence-electron chi connectivity index (χ4n) is 1.51. The number of furan rings is 1. The summed E-state index contributed by atoms with van der Waals surface area (Å²) in [6.45, 7) is 3.70. The number of halogens is 1. The zero-order chi connectivity index (χ0) is 11.7. The Morgan fingerprint density at radius 2 is 2.19 bits per heavy atom. The monoisotopic (exact) mass is 239 g/mol. The van der Waals surface area contributed by atoms with E-state index in [0.717, 1.165) is 17.0 Å². The van der Waals surface area contributed by atoms with Crippen LogP contribution in [0.15, 0.2) is 21.1 Å². The average Bonchev–Trinajstić information content (AvgIpc) is 2.80. The number of aryl methyl sites for hydroxylation is 2. The Balaban J connectivity index is 2.24. The molecule has 0 bridgehead atoms. The van der Waals surface area contributed by atoms with Gasteiger partial charge in [0, 0.05) is 12.0 Å². The van der Waals surface area contributed by atoms with Gasteiger partial charge in [0.05, 0.1) is 5.69 Å². The van der Waals surface area contributed by atoms with Gasteiger partial charge in [0.1, 0.15) is 11.5 Å². The molecule has 0 aliphatic carbocycles. The van der Waals surface area contributed by atoms with E-state index in [0.29, 0.717) is 12.2 Å². The molecule has 0 N–H and O–H groups in total. The van der Waals surface area contributed by atoms with Crippen molar-refractivity contribution < 1.29 is 13.7 Å².